The smallest absolute Gasteiger partial charge is 0.312 e. The highest BCUT2D eigenvalue weighted by molar-refractivity contribution is 5.76. The molecule has 3 heteroatoms. The summed E-state index contributed by atoms with van der Waals surface area (Å²) in [5.74, 6) is 2.11. The summed E-state index contributed by atoms with van der Waals surface area (Å²) in [4.78, 5) is 12.4. The first-order valence-corrected chi connectivity index (χ1v) is 13.4. The van der Waals surface area contributed by atoms with Crippen LogP contribution in [0.4, 0.5) is 0 Å². The summed E-state index contributed by atoms with van der Waals surface area (Å²) in [6.45, 7) is 20.0. The largest absolute Gasteiger partial charge is 0.481 e. The second kappa shape index (κ2) is 8.70. The molecule has 8 atom stereocenters. The average molecular weight is 455 g/mol. The third-order valence-corrected chi connectivity index (χ3v) is 10.9. The Morgan fingerprint density at radius 3 is 2.45 bits per heavy atom. The minimum absolute atomic E-state index is 0.00943. The molecule has 4 rings (SSSR count). The molecular formula is C30H46O3. The molecular weight excluding hydrogens is 408 g/mol. The minimum atomic E-state index is -1.05. The Balaban J connectivity index is 1.53. The van der Waals surface area contributed by atoms with E-state index in [-0.39, 0.29) is 11.3 Å². The molecule has 2 fully saturated rings. The van der Waals surface area contributed by atoms with Crippen LogP contribution in [0.25, 0.3) is 0 Å². The van der Waals surface area contributed by atoms with Crippen molar-refractivity contribution < 1.29 is 15.0 Å². The fourth-order valence-corrected chi connectivity index (χ4v) is 8.41. The molecule has 33 heavy (non-hydrogen) atoms. The molecule has 3 nitrogen and oxygen atoms in total. The molecule has 2 N–H and O–H groups in total. The predicted molar refractivity (Wildman–Crippen MR) is 135 cm³/mol. The van der Waals surface area contributed by atoms with E-state index >= 15 is 0 Å². The second-order valence-electron chi connectivity index (χ2n) is 12.7. The lowest BCUT2D eigenvalue weighted by molar-refractivity contribution is -0.174. The van der Waals surface area contributed by atoms with Crippen molar-refractivity contribution in [3.63, 3.8) is 0 Å². The van der Waals surface area contributed by atoms with E-state index in [2.05, 4.69) is 34.3 Å². The topological polar surface area (TPSA) is 57.5 Å². The van der Waals surface area contributed by atoms with Gasteiger partial charge in [0.25, 0.3) is 0 Å². The van der Waals surface area contributed by atoms with Crippen LogP contribution in [-0.4, -0.2) is 22.3 Å². The number of aliphatic hydroxyl groups is 1. The summed E-state index contributed by atoms with van der Waals surface area (Å²) < 4.78 is 0. The number of rotatable bonds is 6. The van der Waals surface area contributed by atoms with Crippen molar-refractivity contribution >= 4 is 5.97 Å². The first-order valence-electron chi connectivity index (χ1n) is 13.4. The molecule has 4 aliphatic carbocycles. The van der Waals surface area contributed by atoms with Crippen LogP contribution in [0.1, 0.15) is 92.4 Å². The molecule has 0 aromatic carbocycles. The molecule has 0 aromatic rings. The molecule has 2 saturated carbocycles. The zero-order chi connectivity index (χ0) is 24.3. The zero-order valence-corrected chi connectivity index (χ0v) is 21.6. The fraction of sp³-hybridized carbons (Fsp3) is 0.767. The van der Waals surface area contributed by atoms with Crippen LogP contribution in [0.2, 0.25) is 0 Å². The fourth-order valence-electron chi connectivity index (χ4n) is 8.41. The van der Waals surface area contributed by atoms with Crippen LogP contribution in [0.5, 0.6) is 0 Å². The van der Waals surface area contributed by atoms with Crippen LogP contribution in [-0.2, 0) is 4.79 Å². The number of carboxylic acid groups (broad SMARTS) is 1. The number of allylic oxidation sites excluding steroid dienone is 4. The molecule has 184 valence electrons. The van der Waals surface area contributed by atoms with Crippen LogP contribution in [0.15, 0.2) is 35.5 Å². The maximum Gasteiger partial charge on any atom is 0.312 e. The van der Waals surface area contributed by atoms with Gasteiger partial charge in [0, 0.05) is 0 Å². The lowest BCUT2D eigenvalue weighted by atomic mass is 9.49. The molecule has 4 aliphatic rings. The molecule has 0 radical (unpaired) electrons. The summed E-state index contributed by atoms with van der Waals surface area (Å²) in [7, 11) is 0. The van der Waals surface area contributed by atoms with Gasteiger partial charge in [-0.05, 0) is 106 Å². The number of carbonyl (C=O) groups is 1. The summed E-state index contributed by atoms with van der Waals surface area (Å²) in [6, 6.07) is 0. The predicted octanol–water partition coefficient (Wildman–Crippen LogP) is 7.18. The van der Waals surface area contributed by atoms with E-state index in [1.54, 1.807) is 18.1 Å². The number of fused-ring (bicyclic) bond motifs is 4. The normalized spacial score (nSPS) is 41.4. The lowest BCUT2D eigenvalue weighted by Gasteiger charge is -2.55. The Labute approximate surface area is 201 Å². The second-order valence-corrected chi connectivity index (χ2v) is 12.7. The quantitative estimate of drug-likeness (QED) is 0.418. The van der Waals surface area contributed by atoms with Gasteiger partial charge >= 0.3 is 5.97 Å². The third-order valence-electron chi connectivity index (χ3n) is 10.9. The van der Waals surface area contributed by atoms with Crippen molar-refractivity contribution in [1.29, 1.82) is 0 Å². The Kier molecular flexibility index (Phi) is 6.53. The van der Waals surface area contributed by atoms with Crippen LogP contribution in [0, 0.1) is 46.3 Å². The molecule has 0 bridgehead atoms. The van der Waals surface area contributed by atoms with Crippen LogP contribution in [0.3, 0.4) is 0 Å². The molecule has 0 aromatic heterocycles. The van der Waals surface area contributed by atoms with Gasteiger partial charge in [0.05, 0.1) is 11.5 Å². The van der Waals surface area contributed by atoms with Gasteiger partial charge in [0.15, 0.2) is 0 Å². The van der Waals surface area contributed by atoms with Gasteiger partial charge < -0.3 is 10.2 Å². The number of hydrogen-bond acceptors (Lipinski definition) is 2. The standard InChI is InChI=1S/C30H46O3/c1-17(2)18(3)8-9-19(4)21-10-11-22-23-12-13-26-29(6,25(23)16-24(22)20(21)5)15-14-27(31)30(26,7)28(32)33/h17,19,21-22,24,26-27,31H,3,5,8-16H2,1-2,4,6-7H3,(H,32,33)/t19-,21+,22+,24+,26-,27+,29-,30+/m0/s1. The molecule has 0 unspecified atom stereocenters. The summed E-state index contributed by atoms with van der Waals surface area (Å²) in [6.07, 6.45) is 8.50. The van der Waals surface area contributed by atoms with Crippen molar-refractivity contribution in [2.75, 3.05) is 0 Å². The molecule has 0 heterocycles. The van der Waals surface area contributed by atoms with Gasteiger partial charge in [-0.1, -0.05) is 63.1 Å². The van der Waals surface area contributed by atoms with E-state index in [1.165, 1.54) is 30.4 Å². The average Bonchev–Trinajstić information content (AvgIpc) is 3.15. The van der Waals surface area contributed by atoms with Crippen molar-refractivity contribution in [1.82, 2.24) is 0 Å². The monoisotopic (exact) mass is 454 g/mol. The maximum atomic E-state index is 12.4. The van der Waals surface area contributed by atoms with E-state index in [0.29, 0.717) is 36.0 Å². The first kappa shape index (κ1) is 24.8. The van der Waals surface area contributed by atoms with E-state index in [4.69, 9.17) is 6.58 Å². The SMILES string of the molecule is C=C(CC[C@H](C)[C@H]1CC[C@@H]2C3=C(C[C@@H]2C1=C)[C@]1(C)CC[C@@H](O)[C@](C)(C(=O)O)[C@H]1CC3)C(C)C. The first-order chi connectivity index (χ1) is 15.4. The van der Waals surface area contributed by atoms with E-state index in [0.717, 1.165) is 32.1 Å². The highest BCUT2D eigenvalue weighted by Crippen LogP contribution is 2.66. The number of aliphatic carboxylic acids is 1. The van der Waals surface area contributed by atoms with Gasteiger partial charge in [-0.15, -0.1) is 0 Å². The number of carboxylic acids is 1. The summed E-state index contributed by atoms with van der Waals surface area (Å²) in [5, 5.41) is 20.9. The Hall–Kier alpha value is -1.35. The van der Waals surface area contributed by atoms with Gasteiger partial charge in [0.2, 0.25) is 0 Å². The molecule has 0 aliphatic heterocycles. The molecule has 0 saturated heterocycles. The zero-order valence-electron chi connectivity index (χ0n) is 21.6. The Bertz CT molecular complexity index is 866. The van der Waals surface area contributed by atoms with Gasteiger partial charge in [-0.3, -0.25) is 4.79 Å². The third kappa shape index (κ3) is 3.77. The van der Waals surface area contributed by atoms with Crippen molar-refractivity contribution in [2.45, 2.75) is 98.5 Å². The Morgan fingerprint density at radius 2 is 1.82 bits per heavy atom. The van der Waals surface area contributed by atoms with E-state index in [9.17, 15) is 15.0 Å². The van der Waals surface area contributed by atoms with Crippen molar-refractivity contribution in [3.8, 4) is 0 Å². The highest BCUT2D eigenvalue weighted by atomic mass is 16.4. The van der Waals surface area contributed by atoms with Gasteiger partial charge in [-0.2, -0.15) is 0 Å². The van der Waals surface area contributed by atoms with E-state index in [1.807, 2.05) is 0 Å². The van der Waals surface area contributed by atoms with Crippen LogP contribution < -0.4 is 0 Å². The number of aliphatic hydroxyl groups excluding tert-OH is 1. The molecule has 0 spiro atoms. The molecule has 0 amide bonds. The minimum Gasteiger partial charge on any atom is -0.481 e. The van der Waals surface area contributed by atoms with Gasteiger partial charge in [0.1, 0.15) is 0 Å². The highest BCUT2D eigenvalue weighted by Gasteiger charge is 2.61. The Morgan fingerprint density at radius 1 is 1.12 bits per heavy atom. The van der Waals surface area contributed by atoms with Crippen molar-refractivity contribution in [2.24, 2.45) is 46.3 Å². The summed E-state index contributed by atoms with van der Waals surface area (Å²) in [5.41, 5.74) is 4.86. The van der Waals surface area contributed by atoms with Gasteiger partial charge in [-0.25, -0.2) is 0 Å². The lowest BCUT2D eigenvalue weighted by Crippen LogP contribution is -2.57. The van der Waals surface area contributed by atoms with Crippen molar-refractivity contribution in [3.05, 3.63) is 35.5 Å². The van der Waals surface area contributed by atoms with E-state index < -0.39 is 17.5 Å². The van der Waals surface area contributed by atoms with Crippen LogP contribution >= 0.6 is 0 Å². The maximum absolute atomic E-state index is 12.4. The summed E-state index contributed by atoms with van der Waals surface area (Å²) >= 11 is 0. The number of hydrogen-bond donors (Lipinski definition) is 2.